The molecule has 1 aromatic carbocycles. The maximum atomic E-state index is 8.86. The SMILES string of the molecule is CC(N)(C#N)CCCCSc1ccc2c(c1)OCCCO2. The number of hydrogen-bond donors (Lipinski definition) is 1. The van der Waals surface area contributed by atoms with E-state index in [9.17, 15) is 0 Å². The lowest BCUT2D eigenvalue weighted by molar-refractivity contribution is 0.297. The van der Waals surface area contributed by atoms with Crippen LogP contribution in [0.5, 0.6) is 11.5 Å². The van der Waals surface area contributed by atoms with Gasteiger partial charge < -0.3 is 15.2 Å². The van der Waals surface area contributed by atoms with Gasteiger partial charge in [0.15, 0.2) is 11.5 Å². The molecule has 4 nitrogen and oxygen atoms in total. The van der Waals surface area contributed by atoms with E-state index < -0.39 is 5.54 Å². The first-order chi connectivity index (χ1) is 10.1. The number of nitrogens with two attached hydrogens (primary N) is 1. The van der Waals surface area contributed by atoms with Crippen LogP contribution in [-0.2, 0) is 0 Å². The Hall–Kier alpha value is -1.38. The van der Waals surface area contributed by atoms with Gasteiger partial charge in [0.25, 0.3) is 0 Å². The number of benzene rings is 1. The molecular formula is C16H22N2O2S. The van der Waals surface area contributed by atoms with Gasteiger partial charge in [-0.25, -0.2) is 0 Å². The smallest absolute Gasteiger partial charge is 0.162 e. The highest BCUT2D eigenvalue weighted by atomic mass is 32.2. The molecule has 114 valence electrons. The maximum Gasteiger partial charge on any atom is 0.162 e. The molecule has 0 saturated carbocycles. The van der Waals surface area contributed by atoms with Crippen molar-refractivity contribution in [3.05, 3.63) is 18.2 Å². The molecule has 0 aliphatic carbocycles. The second-order valence-corrected chi connectivity index (χ2v) is 6.66. The standard InChI is InChI=1S/C16H22N2O2S/c1-16(18,12-17)7-2-3-10-21-13-5-6-14-15(11-13)20-9-4-8-19-14/h5-6,11H,2-4,7-10,18H2,1H3. The van der Waals surface area contributed by atoms with Gasteiger partial charge in [0.1, 0.15) is 5.54 Å². The quantitative estimate of drug-likeness (QED) is 0.645. The molecule has 1 aliphatic rings. The predicted molar refractivity (Wildman–Crippen MR) is 84.8 cm³/mol. The Morgan fingerprint density at radius 1 is 1.29 bits per heavy atom. The molecule has 2 rings (SSSR count). The Morgan fingerprint density at radius 2 is 2.05 bits per heavy atom. The zero-order chi connectivity index (χ0) is 15.1. The van der Waals surface area contributed by atoms with Crippen molar-refractivity contribution in [1.82, 2.24) is 0 Å². The Labute approximate surface area is 130 Å². The molecule has 2 N–H and O–H groups in total. The van der Waals surface area contributed by atoms with Crippen molar-refractivity contribution in [2.75, 3.05) is 19.0 Å². The minimum absolute atomic E-state index is 0.695. The third kappa shape index (κ3) is 5.14. The molecule has 0 amide bonds. The first kappa shape index (κ1) is 16.0. The summed E-state index contributed by atoms with van der Waals surface area (Å²) >= 11 is 1.80. The van der Waals surface area contributed by atoms with E-state index in [0.29, 0.717) is 6.61 Å². The molecule has 0 aromatic heterocycles. The summed E-state index contributed by atoms with van der Waals surface area (Å²) in [5, 5.41) is 8.86. The second-order valence-electron chi connectivity index (χ2n) is 5.49. The van der Waals surface area contributed by atoms with Gasteiger partial charge in [-0.15, -0.1) is 11.8 Å². The van der Waals surface area contributed by atoms with Crippen molar-refractivity contribution in [2.24, 2.45) is 5.73 Å². The number of nitrogens with zero attached hydrogens (tertiary/aromatic N) is 1. The Balaban J connectivity index is 1.77. The predicted octanol–water partition coefficient (Wildman–Crippen LogP) is 3.35. The van der Waals surface area contributed by atoms with Crippen molar-refractivity contribution < 1.29 is 9.47 Å². The molecule has 0 fully saturated rings. The average Bonchev–Trinajstić information content (AvgIpc) is 2.71. The third-order valence-corrected chi connectivity index (χ3v) is 4.41. The summed E-state index contributed by atoms with van der Waals surface area (Å²) in [6.07, 6.45) is 3.69. The topological polar surface area (TPSA) is 68.3 Å². The lowest BCUT2D eigenvalue weighted by atomic mass is 9.99. The minimum Gasteiger partial charge on any atom is -0.490 e. The normalized spacial score (nSPS) is 16.6. The van der Waals surface area contributed by atoms with Gasteiger partial charge in [-0.05, 0) is 50.1 Å². The number of nitriles is 1. The molecule has 0 bridgehead atoms. The molecule has 0 spiro atoms. The third-order valence-electron chi connectivity index (χ3n) is 3.33. The van der Waals surface area contributed by atoms with Crippen LogP contribution in [0.2, 0.25) is 0 Å². The fourth-order valence-electron chi connectivity index (χ4n) is 2.07. The van der Waals surface area contributed by atoms with Crippen LogP contribution in [0.25, 0.3) is 0 Å². The van der Waals surface area contributed by atoms with Gasteiger partial charge in [-0.2, -0.15) is 5.26 Å². The average molecular weight is 306 g/mol. The molecule has 1 unspecified atom stereocenters. The Kier molecular flexibility index (Phi) is 5.77. The van der Waals surface area contributed by atoms with Gasteiger partial charge in [-0.1, -0.05) is 0 Å². The van der Waals surface area contributed by atoms with Crippen LogP contribution in [-0.4, -0.2) is 24.5 Å². The Morgan fingerprint density at radius 3 is 2.81 bits per heavy atom. The summed E-state index contributed by atoms with van der Waals surface area (Å²) in [5.41, 5.74) is 5.11. The number of ether oxygens (including phenoxy) is 2. The van der Waals surface area contributed by atoms with Gasteiger partial charge in [-0.3, -0.25) is 0 Å². The highest BCUT2D eigenvalue weighted by Crippen LogP contribution is 2.34. The first-order valence-electron chi connectivity index (χ1n) is 7.33. The van der Waals surface area contributed by atoms with Crippen molar-refractivity contribution in [1.29, 1.82) is 5.26 Å². The van der Waals surface area contributed by atoms with Gasteiger partial charge in [0.05, 0.1) is 19.3 Å². The van der Waals surface area contributed by atoms with Crippen LogP contribution >= 0.6 is 11.8 Å². The highest BCUT2D eigenvalue weighted by molar-refractivity contribution is 7.99. The zero-order valence-electron chi connectivity index (χ0n) is 12.4. The fourth-order valence-corrected chi connectivity index (χ4v) is 3.01. The van der Waals surface area contributed by atoms with Crippen LogP contribution in [0.1, 0.15) is 32.6 Å². The van der Waals surface area contributed by atoms with Crippen LogP contribution in [0.15, 0.2) is 23.1 Å². The van der Waals surface area contributed by atoms with E-state index in [1.807, 2.05) is 12.1 Å². The molecule has 5 heteroatoms. The monoisotopic (exact) mass is 306 g/mol. The lowest BCUT2D eigenvalue weighted by Gasteiger charge is -2.14. The Bertz CT molecular complexity index is 511. The molecule has 21 heavy (non-hydrogen) atoms. The van der Waals surface area contributed by atoms with E-state index in [2.05, 4.69) is 12.1 Å². The van der Waals surface area contributed by atoms with Gasteiger partial charge >= 0.3 is 0 Å². The number of hydrogen-bond acceptors (Lipinski definition) is 5. The molecule has 1 aromatic rings. The summed E-state index contributed by atoms with van der Waals surface area (Å²) in [7, 11) is 0. The van der Waals surface area contributed by atoms with E-state index >= 15 is 0 Å². The number of rotatable bonds is 6. The van der Waals surface area contributed by atoms with Crippen LogP contribution in [0.3, 0.4) is 0 Å². The molecule has 1 atom stereocenters. The summed E-state index contributed by atoms with van der Waals surface area (Å²) in [6.45, 7) is 3.21. The van der Waals surface area contributed by atoms with E-state index in [4.69, 9.17) is 20.5 Å². The molecule has 0 saturated heterocycles. The van der Waals surface area contributed by atoms with Crippen molar-refractivity contribution in [2.45, 2.75) is 43.0 Å². The number of unbranched alkanes of at least 4 members (excludes halogenated alkanes) is 1. The van der Waals surface area contributed by atoms with Crippen molar-refractivity contribution in [3.63, 3.8) is 0 Å². The lowest BCUT2D eigenvalue weighted by Crippen LogP contribution is -2.33. The molecular weight excluding hydrogens is 284 g/mol. The van der Waals surface area contributed by atoms with E-state index in [1.54, 1.807) is 18.7 Å². The number of thioether (sulfide) groups is 1. The van der Waals surface area contributed by atoms with E-state index in [1.165, 1.54) is 4.90 Å². The molecule has 1 heterocycles. The van der Waals surface area contributed by atoms with Crippen molar-refractivity contribution in [3.8, 4) is 17.6 Å². The summed E-state index contributed by atoms with van der Waals surface area (Å²) in [4.78, 5) is 1.19. The number of fused-ring (bicyclic) bond motifs is 1. The van der Waals surface area contributed by atoms with E-state index in [-0.39, 0.29) is 0 Å². The van der Waals surface area contributed by atoms with E-state index in [0.717, 1.165) is 49.5 Å². The summed E-state index contributed by atoms with van der Waals surface area (Å²) in [5.74, 6) is 2.70. The largest absolute Gasteiger partial charge is 0.490 e. The minimum atomic E-state index is -0.695. The maximum absolute atomic E-state index is 8.86. The van der Waals surface area contributed by atoms with Crippen LogP contribution in [0.4, 0.5) is 0 Å². The summed E-state index contributed by atoms with van der Waals surface area (Å²) in [6, 6.07) is 8.23. The molecule has 1 aliphatic heterocycles. The van der Waals surface area contributed by atoms with Gasteiger partial charge in [0, 0.05) is 11.3 Å². The highest BCUT2D eigenvalue weighted by Gasteiger charge is 2.16. The van der Waals surface area contributed by atoms with Crippen LogP contribution < -0.4 is 15.2 Å². The first-order valence-corrected chi connectivity index (χ1v) is 8.32. The zero-order valence-corrected chi connectivity index (χ0v) is 13.2. The van der Waals surface area contributed by atoms with Crippen molar-refractivity contribution >= 4 is 11.8 Å². The second kappa shape index (κ2) is 7.58. The van der Waals surface area contributed by atoms with Crippen LogP contribution in [0, 0.1) is 11.3 Å². The van der Waals surface area contributed by atoms with Gasteiger partial charge in [0.2, 0.25) is 0 Å². The molecule has 0 radical (unpaired) electrons. The summed E-state index contributed by atoms with van der Waals surface area (Å²) < 4.78 is 11.3. The fraction of sp³-hybridized carbons (Fsp3) is 0.562.